The lowest BCUT2D eigenvalue weighted by atomic mass is 9.93. The Morgan fingerprint density at radius 1 is 1.21 bits per heavy atom. The third-order valence-electron chi connectivity index (χ3n) is 4.18. The van der Waals surface area contributed by atoms with Crippen LogP contribution >= 0.6 is 15.9 Å². The molecule has 0 spiro atoms. The Morgan fingerprint density at radius 2 is 1.92 bits per heavy atom. The molecule has 1 aliphatic rings. The van der Waals surface area contributed by atoms with Crippen molar-refractivity contribution in [3.8, 4) is 5.75 Å². The van der Waals surface area contributed by atoms with Crippen LogP contribution in [0.4, 0.5) is 4.39 Å². The van der Waals surface area contributed by atoms with Crippen molar-refractivity contribution >= 4 is 21.8 Å². The number of nitrogens with zero attached hydrogens (tertiary/aromatic N) is 2. The van der Waals surface area contributed by atoms with Crippen LogP contribution in [-0.4, -0.2) is 35.5 Å². The molecule has 0 bridgehead atoms. The summed E-state index contributed by atoms with van der Waals surface area (Å²) in [5.74, 6) is 0.513. The molecule has 6 heteroatoms. The first-order valence-corrected chi connectivity index (χ1v) is 8.70. The fourth-order valence-corrected chi connectivity index (χ4v) is 3.20. The first-order valence-electron chi connectivity index (χ1n) is 7.90. The Bertz CT molecular complexity index is 700. The van der Waals surface area contributed by atoms with E-state index >= 15 is 0 Å². The number of rotatable bonds is 4. The topological polar surface area (TPSA) is 42.4 Å². The zero-order chi connectivity index (χ0) is 16.9. The Labute approximate surface area is 148 Å². The molecule has 2 heterocycles. The molecule has 1 aromatic heterocycles. The van der Waals surface area contributed by atoms with Gasteiger partial charge in [0.25, 0.3) is 5.91 Å². The number of carbonyl (C=O) groups is 1. The second kappa shape index (κ2) is 7.75. The molecule has 1 saturated heterocycles. The van der Waals surface area contributed by atoms with Crippen LogP contribution in [0.5, 0.6) is 5.75 Å². The molecule has 4 nitrogen and oxygen atoms in total. The van der Waals surface area contributed by atoms with E-state index in [-0.39, 0.29) is 18.3 Å². The van der Waals surface area contributed by atoms with Crippen molar-refractivity contribution in [1.29, 1.82) is 0 Å². The molecule has 0 unspecified atom stereocenters. The van der Waals surface area contributed by atoms with Crippen LogP contribution in [0.1, 0.15) is 24.5 Å². The minimum absolute atomic E-state index is 0.0224. The standard InChI is InChI=1S/C18H18BrFN2O2/c19-17-3-1-2-16(21-17)13-8-10-22(11-9-13)18(23)12-24-15-6-4-14(20)5-7-15/h1-7,13H,8-12H2. The molecule has 1 aromatic carbocycles. The third kappa shape index (κ3) is 4.32. The first-order chi connectivity index (χ1) is 11.6. The molecule has 2 aromatic rings. The van der Waals surface area contributed by atoms with Gasteiger partial charge in [-0.1, -0.05) is 6.07 Å². The van der Waals surface area contributed by atoms with Crippen molar-refractivity contribution in [1.82, 2.24) is 9.88 Å². The maximum Gasteiger partial charge on any atom is 0.260 e. The van der Waals surface area contributed by atoms with Crippen molar-refractivity contribution in [2.45, 2.75) is 18.8 Å². The Morgan fingerprint density at radius 3 is 2.58 bits per heavy atom. The minimum Gasteiger partial charge on any atom is -0.484 e. The average Bonchev–Trinajstić information content (AvgIpc) is 2.61. The number of pyridine rings is 1. The van der Waals surface area contributed by atoms with Gasteiger partial charge in [-0.25, -0.2) is 9.37 Å². The Hall–Kier alpha value is -1.95. The number of ether oxygens (including phenoxy) is 1. The van der Waals surface area contributed by atoms with E-state index in [2.05, 4.69) is 20.9 Å². The molecule has 0 saturated carbocycles. The summed E-state index contributed by atoms with van der Waals surface area (Å²) in [5.41, 5.74) is 1.07. The van der Waals surface area contributed by atoms with Gasteiger partial charge in [-0.3, -0.25) is 4.79 Å². The van der Waals surface area contributed by atoms with E-state index in [1.807, 2.05) is 23.1 Å². The van der Waals surface area contributed by atoms with Gasteiger partial charge in [0.05, 0.1) is 0 Å². The summed E-state index contributed by atoms with van der Waals surface area (Å²) < 4.78 is 19.1. The summed E-state index contributed by atoms with van der Waals surface area (Å²) in [4.78, 5) is 18.6. The van der Waals surface area contributed by atoms with Gasteiger partial charge in [0.2, 0.25) is 0 Å². The number of carbonyl (C=O) groups excluding carboxylic acids is 1. The summed E-state index contributed by atoms with van der Waals surface area (Å²) in [6.07, 6.45) is 1.79. The van der Waals surface area contributed by atoms with E-state index in [1.165, 1.54) is 24.3 Å². The van der Waals surface area contributed by atoms with Crippen LogP contribution in [0.2, 0.25) is 0 Å². The van der Waals surface area contributed by atoms with Crippen LogP contribution in [0.15, 0.2) is 47.1 Å². The zero-order valence-corrected chi connectivity index (χ0v) is 14.7. The molecule has 126 valence electrons. The third-order valence-corrected chi connectivity index (χ3v) is 4.62. The normalized spacial score (nSPS) is 15.3. The number of aromatic nitrogens is 1. The van der Waals surface area contributed by atoms with Crippen LogP contribution < -0.4 is 4.74 Å². The highest BCUT2D eigenvalue weighted by molar-refractivity contribution is 9.10. The molecule has 1 aliphatic heterocycles. The molecular formula is C18H18BrFN2O2. The van der Waals surface area contributed by atoms with Crippen molar-refractivity contribution < 1.29 is 13.9 Å². The van der Waals surface area contributed by atoms with E-state index in [9.17, 15) is 9.18 Å². The van der Waals surface area contributed by atoms with E-state index in [0.717, 1.165) is 23.1 Å². The number of hydrogen-bond acceptors (Lipinski definition) is 3. The molecule has 0 atom stereocenters. The first kappa shape index (κ1) is 16.9. The summed E-state index contributed by atoms with van der Waals surface area (Å²) in [6.45, 7) is 1.38. The summed E-state index contributed by atoms with van der Waals surface area (Å²) in [6, 6.07) is 11.6. The van der Waals surface area contributed by atoms with Crippen molar-refractivity contribution in [3.63, 3.8) is 0 Å². The van der Waals surface area contributed by atoms with E-state index in [0.29, 0.717) is 24.8 Å². The smallest absolute Gasteiger partial charge is 0.260 e. The van der Waals surface area contributed by atoms with Crippen LogP contribution in [0.25, 0.3) is 0 Å². The highest BCUT2D eigenvalue weighted by Crippen LogP contribution is 2.27. The van der Waals surface area contributed by atoms with Gasteiger partial charge in [-0.2, -0.15) is 0 Å². The van der Waals surface area contributed by atoms with E-state index in [1.54, 1.807) is 0 Å². The van der Waals surface area contributed by atoms with E-state index < -0.39 is 0 Å². The Kier molecular flexibility index (Phi) is 5.45. The van der Waals surface area contributed by atoms with Gasteiger partial charge in [0, 0.05) is 24.7 Å². The fourth-order valence-electron chi connectivity index (χ4n) is 2.84. The molecule has 0 N–H and O–H groups in total. The number of halogens is 2. The summed E-state index contributed by atoms with van der Waals surface area (Å²) >= 11 is 3.40. The minimum atomic E-state index is -0.322. The summed E-state index contributed by atoms with van der Waals surface area (Å²) in [7, 11) is 0. The lowest BCUT2D eigenvalue weighted by molar-refractivity contribution is -0.134. The molecule has 0 radical (unpaired) electrons. The number of piperidine rings is 1. The molecule has 1 fully saturated rings. The molecule has 0 aliphatic carbocycles. The van der Waals surface area contributed by atoms with Crippen molar-refractivity contribution in [3.05, 3.63) is 58.6 Å². The van der Waals surface area contributed by atoms with E-state index in [4.69, 9.17) is 4.74 Å². The summed E-state index contributed by atoms with van der Waals surface area (Å²) in [5, 5.41) is 0. The molecule has 1 amide bonds. The van der Waals surface area contributed by atoms with Crippen molar-refractivity contribution in [2.75, 3.05) is 19.7 Å². The largest absolute Gasteiger partial charge is 0.484 e. The number of amides is 1. The van der Waals surface area contributed by atoms with Gasteiger partial charge in [0.15, 0.2) is 6.61 Å². The lowest BCUT2D eigenvalue weighted by Gasteiger charge is -2.31. The highest BCUT2D eigenvalue weighted by atomic mass is 79.9. The molecule has 3 rings (SSSR count). The Balaban J connectivity index is 1.49. The SMILES string of the molecule is O=C(COc1ccc(F)cc1)N1CCC(c2cccc(Br)n2)CC1. The predicted octanol–water partition coefficient (Wildman–Crippen LogP) is 3.77. The van der Waals surface area contributed by atoms with Crippen LogP contribution in [0, 0.1) is 5.82 Å². The number of hydrogen-bond donors (Lipinski definition) is 0. The van der Waals surface area contributed by atoms with Crippen molar-refractivity contribution in [2.24, 2.45) is 0 Å². The van der Waals surface area contributed by atoms with Gasteiger partial charge in [-0.15, -0.1) is 0 Å². The second-order valence-corrected chi connectivity index (χ2v) is 6.60. The van der Waals surface area contributed by atoms with Gasteiger partial charge < -0.3 is 9.64 Å². The fraction of sp³-hybridized carbons (Fsp3) is 0.333. The highest BCUT2D eigenvalue weighted by Gasteiger charge is 2.24. The van der Waals surface area contributed by atoms with Gasteiger partial charge in [0.1, 0.15) is 16.2 Å². The lowest BCUT2D eigenvalue weighted by Crippen LogP contribution is -2.40. The van der Waals surface area contributed by atoms with Gasteiger partial charge >= 0.3 is 0 Å². The predicted molar refractivity (Wildman–Crippen MR) is 92.4 cm³/mol. The zero-order valence-electron chi connectivity index (χ0n) is 13.1. The molecular weight excluding hydrogens is 375 g/mol. The molecule has 24 heavy (non-hydrogen) atoms. The second-order valence-electron chi connectivity index (χ2n) is 5.78. The quantitative estimate of drug-likeness (QED) is 0.743. The van der Waals surface area contributed by atoms with Crippen LogP contribution in [0.3, 0.4) is 0 Å². The number of benzene rings is 1. The maximum absolute atomic E-state index is 12.8. The average molecular weight is 393 g/mol. The number of likely N-dealkylation sites (tertiary alicyclic amines) is 1. The monoisotopic (exact) mass is 392 g/mol. The maximum atomic E-state index is 12.8. The van der Waals surface area contributed by atoms with Crippen LogP contribution in [-0.2, 0) is 4.79 Å². The van der Waals surface area contributed by atoms with Gasteiger partial charge in [-0.05, 0) is 65.2 Å².